The molecule has 0 aromatic heterocycles. The molecule has 1 heterocycles. The summed E-state index contributed by atoms with van der Waals surface area (Å²) in [5, 5.41) is 11.8. The van der Waals surface area contributed by atoms with Crippen LogP contribution in [0.1, 0.15) is 26.2 Å². The van der Waals surface area contributed by atoms with Crippen LogP contribution < -0.4 is 0 Å². The quantitative estimate of drug-likeness (QED) is 0.414. The van der Waals surface area contributed by atoms with E-state index in [1.54, 1.807) is 0 Å². The van der Waals surface area contributed by atoms with E-state index >= 15 is 0 Å². The molecule has 0 bridgehead atoms. The van der Waals surface area contributed by atoms with Crippen molar-refractivity contribution in [1.82, 2.24) is 4.90 Å². The van der Waals surface area contributed by atoms with Gasteiger partial charge in [-0.05, 0) is 13.3 Å². The van der Waals surface area contributed by atoms with Gasteiger partial charge in [0.25, 0.3) is 0 Å². The van der Waals surface area contributed by atoms with Gasteiger partial charge in [0, 0.05) is 45.7 Å². The zero-order valence-electron chi connectivity index (χ0n) is 8.91. The number of hydrogen-bond donors (Lipinski definition) is 1. The summed E-state index contributed by atoms with van der Waals surface area (Å²) >= 11 is 0. The van der Waals surface area contributed by atoms with Crippen LogP contribution in [-0.4, -0.2) is 48.7 Å². The Balaban J connectivity index is 2.04. The lowest BCUT2D eigenvalue weighted by atomic mass is 10.1. The van der Waals surface area contributed by atoms with Crippen molar-refractivity contribution in [2.24, 2.45) is 5.16 Å². The summed E-state index contributed by atoms with van der Waals surface area (Å²) in [4.78, 5) is 2.40. The summed E-state index contributed by atoms with van der Waals surface area (Å²) in [6, 6.07) is 0. The molecule has 0 spiro atoms. The van der Waals surface area contributed by atoms with E-state index in [0.29, 0.717) is 0 Å². The number of hydrogen-bond acceptors (Lipinski definition) is 4. The number of rotatable bonds is 5. The highest BCUT2D eigenvalue weighted by Gasteiger charge is 2.14. The van der Waals surface area contributed by atoms with E-state index in [1.807, 2.05) is 6.92 Å². The highest BCUT2D eigenvalue weighted by atomic mass is 16.5. The third kappa shape index (κ3) is 4.07. The second-order valence-corrected chi connectivity index (χ2v) is 3.56. The van der Waals surface area contributed by atoms with Crippen molar-refractivity contribution in [3.8, 4) is 0 Å². The van der Waals surface area contributed by atoms with Crippen LogP contribution in [0.5, 0.6) is 0 Å². The molecule has 1 saturated heterocycles. The molecule has 0 aliphatic carbocycles. The van der Waals surface area contributed by atoms with E-state index in [4.69, 9.17) is 9.94 Å². The van der Waals surface area contributed by atoms with Gasteiger partial charge in [0.05, 0.1) is 5.71 Å². The smallest absolute Gasteiger partial charge is 0.0596 e. The molecule has 0 atom stereocenters. The Hall–Kier alpha value is -0.610. The van der Waals surface area contributed by atoms with Crippen molar-refractivity contribution >= 4 is 5.71 Å². The summed E-state index contributed by atoms with van der Waals surface area (Å²) in [7, 11) is 0. The van der Waals surface area contributed by atoms with Crippen molar-refractivity contribution < 1.29 is 9.94 Å². The minimum absolute atomic E-state index is 0.807. The van der Waals surface area contributed by atoms with Crippen molar-refractivity contribution in [1.29, 1.82) is 0 Å². The van der Waals surface area contributed by atoms with Crippen LogP contribution in [0, 0.1) is 0 Å². The molecular weight excluding hydrogens is 180 g/mol. The zero-order valence-corrected chi connectivity index (χ0v) is 8.91. The minimum Gasteiger partial charge on any atom is -0.411 e. The Morgan fingerprint density at radius 2 is 2.14 bits per heavy atom. The first kappa shape index (κ1) is 11.5. The largest absolute Gasteiger partial charge is 0.411 e. The summed E-state index contributed by atoms with van der Waals surface area (Å²) in [5.74, 6) is 0. The predicted octanol–water partition coefficient (Wildman–Crippen LogP) is 1.34. The number of likely N-dealkylation sites (tertiary alicyclic amines) is 1. The highest BCUT2D eigenvalue weighted by Crippen LogP contribution is 2.07. The molecule has 0 aromatic rings. The van der Waals surface area contributed by atoms with Crippen molar-refractivity contribution in [3.63, 3.8) is 0 Å². The van der Waals surface area contributed by atoms with Gasteiger partial charge in [-0.1, -0.05) is 5.16 Å². The maximum Gasteiger partial charge on any atom is 0.0596 e. The highest BCUT2D eigenvalue weighted by molar-refractivity contribution is 5.84. The third-order valence-corrected chi connectivity index (χ3v) is 2.54. The molecule has 82 valence electrons. The molecule has 0 saturated carbocycles. The molecule has 1 N–H and O–H groups in total. The van der Waals surface area contributed by atoms with Crippen LogP contribution >= 0.6 is 0 Å². The molecule has 4 nitrogen and oxygen atoms in total. The monoisotopic (exact) mass is 200 g/mol. The van der Waals surface area contributed by atoms with E-state index in [1.165, 1.54) is 0 Å². The van der Waals surface area contributed by atoms with E-state index in [2.05, 4.69) is 10.1 Å². The van der Waals surface area contributed by atoms with Gasteiger partial charge in [-0.2, -0.15) is 0 Å². The van der Waals surface area contributed by atoms with Gasteiger partial charge < -0.3 is 14.8 Å². The van der Waals surface area contributed by atoms with Crippen molar-refractivity contribution in [2.75, 3.05) is 32.8 Å². The van der Waals surface area contributed by atoms with Crippen LogP contribution in [0.25, 0.3) is 0 Å². The molecule has 1 fully saturated rings. The first-order chi connectivity index (χ1) is 6.86. The molecule has 1 aliphatic heterocycles. The predicted molar refractivity (Wildman–Crippen MR) is 56.0 cm³/mol. The zero-order chi connectivity index (χ0) is 10.2. The molecule has 1 aliphatic rings. The topological polar surface area (TPSA) is 45.1 Å². The van der Waals surface area contributed by atoms with Gasteiger partial charge >= 0.3 is 0 Å². The van der Waals surface area contributed by atoms with E-state index in [-0.39, 0.29) is 0 Å². The summed E-state index contributed by atoms with van der Waals surface area (Å²) in [6.45, 7) is 6.82. The maximum atomic E-state index is 8.57. The van der Waals surface area contributed by atoms with Crippen LogP contribution in [-0.2, 0) is 4.74 Å². The minimum atomic E-state index is 0.807. The molecule has 0 amide bonds. The standard InChI is InChI=1S/C10H20N2O2/c1-2-14-9-3-6-12-7-4-10(11-13)5-8-12/h13H,2-9H2,1H3. The van der Waals surface area contributed by atoms with Gasteiger partial charge in [-0.3, -0.25) is 0 Å². The van der Waals surface area contributed by atoms with Crippen LogP contribution in [0.2, 0.25) is 0 Å². The van der Waals surface area contributed by atoms with Crippen LogP contribution in [0.4, 0.5) is 0 Å². The van der Waals surface area contributed by atoms with Gasteiger partial charge in [-0.15, -0.1) is 0 Å². The first-order valence-corrected chi connectivity index (χ1v) is 5.36. The Labute approximate surface area is 85.5 Å². The van der Waals surface area contributed by atoms with Gasteiger partial charge in [0.1, 0.15) is 0 Å². The lowest BCUT2D eigenvalue weighted by molar-refractivity contribution is 0.131. The molecular formula is C10H20N2O2. The van der Waals surface area contributed by atoms with Gasteiger partial charge in [0.15, 0.2) is 0 Å². The van der Waals surface area contributed by atoms with Crippen LogP contribution in [0.3, 0.4) is 0 Å². The fourth-order valence-electron chi connectivity index (χ4n) is 1.67. The van der Waals surface area contributed by atoms with E-state index in [0.717, 1.165) is 57.8 Å². The first-order valence-electron chi connectivity index (χ1n) is 5.36. The second kappa shape index (κ2) is 6.79. The molecule has 0 aromatic carbocycles. The van der Waals surface area contributed by atoms with Crippen molar-refractivity contribution in [2.45, 2.75) is 26.2 Å². The van der Waals surface area contributed by atoms with Crippen LogP contribution in [0.15, 0.2) is 5.16 Å². The maximum absolute atomic E-state index is 8.57. The Kier molecular flexibility index (Phi) is 5.56. The molecule has 1 rings (SSSR count). The fourth-order valence-corrected chi connectivity index (χ4v) is 1.67. The molecule has 0 unspecified atom stereocenters. The molecule has 0 radical (unpaired) electrons. The number of piperidine rings is 1. The summed E-state index contributed by atoms with van der Waals surface area (Å²) in [5.41, 5.74) is 0.936. The normalized spacial score (nSPS) is 18.5. The molecule has 14 heavy (non-hydrogen) atoms. The second-order valence-electron chi connectivity index (χ2n) is 3.56. The lowest BCUT2D eigenvalue weighted by Gasteiger charge is -2.26. The van der Waals surface area contributed by atoms with Gasteiger partial charge in [0.2, 0.25) is 0 Å². The average Bonchev–Trinajstić information content (AvgIpc) is 2.25. The lowest BCUT2D eigenvalue weighted by Crippen LogP contribution is -2.35. The Morgan fingerprint density at radius 1 is 1.43 bits per heavy atom. The van der Waals surface area contributed by atoms with E-state index < -0.39 is 0 Å². The number of oxime groups is 1. The Bertz CT molecular complexity index is 173. The average molecular weight is 200 g/mol. The summed E-state index contributed by atoms with van der Waals surface area (Å²) < 4.78 is 5.28. The number of nitrogens with zero attached hydrogens (tertiary/aromatic N) is 2. The van der Waals surface area contributed by atoms with E-state index in [9.17, 15) is 0 Å². The molecule has 4 heteroatoms. The SMILES string of the molecule is CCOCCCN1CCC(=NO)CC1. The van der Waals surface area contributed by atoms with Gasteiger partial charge in [-0.25, -0.2) is 0 Å². The van der Waals surface area contributed by atoms with Crippen molar-refractivity contribution in [3.05, 3.63) is 0 Å². The number of ether oxygens (including phenoxy) is 1. The Morgan fingerprint density at radius 3 is 2.71 bits per heavy atom. The third-order valence-electron chi connectivity index (χ3n) is 2.54. The summed E-state index contributed by atoms with van der Waals surface area (Å²) in [6.07, 6.45) is 2.91. The fraction of sp³-hybridized carbons (Fsp3) is 0.900.